The number of ether oxygens (including phenoxy) is 1. The van der Waals surface area contributed by atoms with Crippen molar-refractivity contribution in [3.05, 3.63) is 48.0 Å². The highest BCUT2D eigenvalue weighted by atomic mass is 16.5. The van der Waals surface area contributed by atoms with Crippen LogP contribution in [0.2, 0.25) is 0 Å². The molecule has 1 heterocycles. The molecule has 0 aliphatic rings. The van der Waals surface area contributed by atoms with Crippen molar-refractivity contribution in [3.63, 3.8) is 0 Å². The van der Waals surface area contributed by atoms with Gasteiger partial charge in [0.25, 0.3) is 5.91 Å². The molecule has 1 N–H and O–H groups in total. The van der Waals surface area contributed by atoms with Crippen molar-refractivity contribution >= 4 is 5.91 Å². The van der Waals surface area contributed by atoms with Gasteiger partial charge in [-0.15, -0.1) is 0 Å². The van der Waals surface area contributed by atoms with Crippen LogP contribution < -0.4 is 5.32 Å². The zero-order valence-corrected chi connectivity index (χ0v) is 13.0. The van der Waals surface area contributed by atoms with Gasteiger partial charge in [0.2, 0.25) is 0 Å². The van der Waals surface area contributed by atoms with Crippen molar-refractivity contribution in [1.82, 2.24) is 20.1 Å². The molecule has 1 amide bonds. The normalized spacial score (nSPS) is 10.9. The molecule has 1 aromatic heterocycles. The van der Waals surface area contributed by atoms with Crippen molar-refractivity contribution in [3.8, 4) is 0 Å². The van der Waals surface area contributed by atoms with Crippen LogP contribution in [0.5, 0.6) is 0 Å². The van der Waals surface area contributed by atoms with Crippen LogP contribution in [0.15, 0.2) is 36.9 Å². The predicted octanol–water partition coefficient (Wildman–Crippen LogP) is 1.87. The van der Waals surface area contributed by atoms with E-state index < -0.39 is 0 Å². The fraction of sp³-hybridized carbons (Fsp3) is 0.438. The molecule has 0 atom stereocenters. The van der Waals surface area contributed by atoms with E-state index in [9.17, 15) is 4.79 Å². The fourth-order valence-corrected chi connectivity index (χ4v) is 1.96. The molecule has 0 bridgehead atoms. The molecule has 0 saturated heterocycles. The number of nitrogens with zero attached hydrogens (tertiary/aromatic N) is 3. The molecule has 0 aliphatic heterocycles. The monoisotopic (exact) mass is 302 g/mol. The Labute approximate surface area is 130 Å². The first-order valence-electron chi connectivity index (χ1n) is 7.46. The van der Waals surface area contributed by atoms with Crippen LogP contribution in [0.1, 0.15) is 36.2 Å². The Morgan fingerprint density at radius 3 is 2.73 bits per heavy atom. The van der Waals surface area contributed by atoms with Gasteiger partial charge in [0.1, 0.15) is 12.7 Å². The quantitative estimate of drug-likeness (QED) is 0.756. The maximum atomic E-state index is 12.0. The van der Waals surface area contributed by atoms with Gasteiger partial charge in [-0.3, -0.25) is 4.79 Å². The number of rotatable bonds is 8. The maximum Gasteiger partial charge on any atom is 0.251 e. The number of carbonyl (C=O) groups excluding carboxylic acids is 1. The highest BCUT2D eigenvalue weighted by Gasteiger charge is 2.05. The van der Waals surface area contributed by atoms with Crippen LogP contribution in [0.3, 0.4) is 0 Å². The van der Waals surface area contributed by atoms with Crippen LogP contribution in [-0.2, 0) is 11.3 Å². The largest absolute Gasteiger partial charge is 0.379 e. The Kier molecular flexibility index (Phi) is 6.09. The lowest BCUT2D eigenvalue weighted by atomic mass is 10.1. The second-order valence-corrected chi connectivity index (χ2v) is 5.32. The molecule has 6 heteroatoms. The molecule has 2 aromatic rings. The Hall–Kier alpha value is -2.21. The maximum absolute atomic E-state index is 12.0. The zero-order valence-electron chi connectivity index (χ0n) is 13.0. The SMILES string of the molecule is CC(C)OCCCNC(=O)c1ccc(Cn2cncn2)cc1. The lowest BCUT2D eigenvalue weighted by molar-refractivity contribution is 0.0757. The lowest BCUT2D eigenvalue weighted by Crippen LogP contribution is -2.25. The summed E-state index contributed by atoms with van der Waals surface area (Å²) in [6, 6.07) is 7.51. The molecular weight excluding hydrogens is 280 g/mol. The molecule has 6 nitrogen and oxygen atoms in total. The average molecular weight is 302 g/mol. The number of nitrogens with one attached hydrogen (secondary N) is 1. The van der Waals surface area contributed by atoms with E-state index in [1.807, 2.05) is 38.1 Å². The van der Waals surface area contributed by atoms with Crippen molar-refractivity contribution in [2.24, 2.45) is 0 Å². The number of amides is 1. The van der Waals surface area contributed by atoms with Crippen molar-refractivity contribution in [1.29, 1.82) is 0 Å². The van der Waals surface area contributed by atoms with Gasteiger partial charge in [0.05, 0.1) is 12.6 Å². The summed E-state index contributed by atoms with van der Waals surface area (Å²) in [5, 5.41) is 6.94. The highest BCUT2D eigenvalue weighted by Crippen LogP contribution is 2.06. The van der Waals surface area contributed by atoms with Crippen LogP contribution >= 0.6 is 0 Å². The van der Waals surface area contributed by atoms with Gasteiger partial charge in [-0.2, -0.15) is 5.10 Å². The Morgan fingerprint density at radius 2 is 2.09 bits per heavy atom. The summed E-state index contributed by atoms with van der Waals surface area (Å²) in [4.78, 5) is 15.9. The van der Waals surface area contributed by atoms with E-state index in [-0.39, 0.29) is 12.0 Å². The van der Waals surface area contributed by atoms with Crippen molar-refractivity contribution < 1.29 is 9.53 Å². The molecule has 22 heavy (non-hydrogen) atoms. The molecule has 2 rings (SSSR count). The molecule has 0 unspecified atom stereocenters. The third kappa shape index (κ3) is 5.29. The fourth-order valence-electron chi connectivity index (χ4n) is 1.96. The van der Waals surface area contributed by atoms with Crippen LogP contribution in [0.4, 0.5) is 0 Å². The van der Waals surface area contributed by atoms with E-state index in [0.29, 0.717) is 25.3 Å². The Morgan fingerprint density at radius 1 is 1.32 bits per heavy atom. The van der Waals surface area contributed by atoms with Gasteiger partial charge in [-0.1, -0.05) is 12.1 Å². The summed E-state index contributed by atoms with van der Waals surface area (Å²) in [6.45, 7) is 5.92. The van der Waals surface area contributed by atoms with E-state index in [1.165, 1.54) is 6.33 Å². The summed E-state index contributed by atoms with van der Waals surface area (Å²) >= 11 is 0. The van der Waals surface area contributed by atoms with Crippen molar-refractivity contribution in [2.45, 2.75) is 32.9 Å². The van der Waals surface area contributed by atoms with Gasteiger partial charge in [0.15, 0.2) is 0 Å². The number of carbonyl (C=O) groups is 1. The van der Waals surface area contributed by atoms with E-state index >= 15 is 0 Å². The van der Waals surface area contributed by atoms with Gasteiger partial charge in [-0.25, -0.2) is 9.67 Å². The van der Waals surface area contributed by atoms with Crippen molar-refractivity contribution in [2.75, 3.05) is 13.2 Å². The first-order chi connectivity index (χ1) is 10.6. The summed E-state index contributed by atoms with van der Waals surface area (Å²) in [5.74, 6) is -0.0585. The van der Waals surface area contributed by atoms with Crippen LogP contribution in [-0.4, -0.2) is 39.9 Å². The van der Waals surface area contributed by atoms with Gasteiger partial charge >= 0.3 is 0 Å². The molecule has 0 radical (unpaired) electrons. The van der Waals surface area contributed by atoms with E-state index in [2.05, 4.69) is 15.4 Å². The standard InChI is InChI=1S/C16H22N4O2/c1-13(2)22-9-3-8-18-16(21)15-6-4-14(5-7-15)10-20-12-17-11-19-20/h4-7,11-13H,3,8-10H2,1-2H3,(H,18,21). The third-order valence-electron chi connectivity index (χ3n) is 3.09. The number of hydrogen-bond acceptors (Lipinski definition) is 4. The van der Waals surface area contributed by atoms with Gasteiger partial charge in [0, 0.05) is 18.7 Å². The van der Waals surface area contributed by atoms with E-state index in [1.54, 1.807) is 11.0 Å². The molecule has 0 fully saturated rings. The topological polar surface area (TPSA) is 69.0 Å². The third-order valence-corrected chi connectivity index (χ3v) is 3.09. The first-order valence-corrected chi connectivity index (χ1v) is 7.46. The molecule has 1 aromatic carbocycles. The minimum Gasteiger partial charge on any atom is -0.379 e. The summed E-state index contributed by atoms with van der Waals surface area (Å²) in [6.07, 6.45) is 4.21. The first kappa shape index (κ1) is 16.2. The van der Waals surface area contributed by atoms with Crippen LogP contribution in [0, 0.1) is 0 Å². The lowest BCUT2D eigenvalue weighted by Gasteiger charge is -2.08. The van der Waals surface area contributed by atoms with Crippen LogP contribution in [0.25, 0.3) is 0 Å². The highest BCUT2D eigenvalue weighted by molar-refractivity contribution is 5.94. The van der Waals surface area contributed by atoms with E-state index in [4.69, 9.17) is 4.74 Å². The molecule has 118 valence electrons. The summed E-state index contributed by atoms with van der Waals surface area (Å²) in [7, 11) is 0. The smallest absolute Gasteiger partial charge is 0.251 e. The second kappa shape index (κ2) is 8.29. The summed E-state index contributed by atoms with van der Waals surface area (Å²) in [5.41, 5.74) is 1.74. The van der Waals surface area contributed by atoms with E-state index in [0.717, 1.165) is 12.0 Å². The van der Waals surface area contributed by atoms with Gasteiger partial charge in [-0.05, 0) is 38.0 Å². The minimum absolute atomic E-state index is 0.0585. The molecular formula is C16H22N4O2. The zero-order chi connectivity index (χ0) is 15.8. The second-order valence-electron chi connectivity index (χ2n) is 5.32. The molecule has 0 aliphatic carbocycles. The average Bonchev–Trinajstić information content (AvgIpc) is 3.00. The van der Waals surface area contributed by atoms with Gasteiger partial charge < -0.3 is 10.1 Å². The molecule has 0 saturated carbocycles. The Balaban J connectivity index is 1.76. The summed E-state index contributed by atoms with van der Waals surface area (Å²) < 4.78 is 7.17. The molecule has 0 spiro atoms. The predicted molar refractivity (Wildman–Crippen MR) is 83.6 cm³/mol. The number of aromatic nitrogens is 3. The minimum atomic E-state index is -0.0585. The number of benzene rings is 1. The number of hydrogen-bond donors (Lipinski definition) is 1. The Bertz CT molecular complexity index is 564.